The number of nitrogens with one attached hydrogen (secondary N) is 2. The third-order valence-corrected chi connectivity index (χ3v) is 5.30. The van der Waals surface area contributed by atoms with E-state index in [9.17, 15) is 14.3 Å². The van der Waals surface area contributed by atoms with Crippen LogP contribution in [0.1, 0.15) is 25.7 Å². The third kappa shape index (κ3) is 2.66. The van der Waals surface area contributed by atoms with Crippen molar-refractivity contribution in [3.8, 4) is 6.01 Å². The molecule has 138 valence electrons. The number of aromatic nitrogens is 3. The van der Waals surface area contributed by atoms with Crippen molar-refractivity contribution >= 4 is 32.6 Å². The molecule has 27 heavy (non-hydrogen) atoms. The zero-order valence-electron chi connectivity index (χ0n) is 14.5. The Morgan fingerprint density at radius 2 is 2.07 bits per heavy atom. The highest BCUT2D eigenvalue weighted by atomic mass is 19.1. The lowest BCUT2D eigenvalue weighted by atomic mass is 9.95. The zero-order valence-corrected chi connectivity index (χ0v) is 14.5. The Balaban J connectivity index is 1.74. The largest absolute Gasteiger partial charge is 0.461 e. The van der Waals surface area contributed by atoms with Crippen molar-refractivity contribution < 1.29 is 14.2 Å². The minimum absolute atomic E-state index is 0.104. The quantitative estimate of drug-likeness (QED) is 0.474. The zero-order chi connectivity index (χ0) is 18.5. The van der Waals surface area contributed by atoms with Gasteiger partial charge in [-0.1, -0.05) is 0 Å². The fraction of sp³-hybridized carbons (Fsp3) is 0.300. The Bertz CT molecular complexity index is 1230. The maximum Gasteiger partial charge on any atom is 0.294 e. The minimum Gasteiger partial charge on any atom is -0.461 e. The van der Waals surface area contributed by atoms with Gasteiger partial charge in [-0.15, -0.1) is 0 Å². The molecule has 3 N–H and O–H groups in total. The number of aliphatic hydroxyl groups is 1. The Morgan fingerprint density at radius 1 is 1.19 bits per heavy atom. The Kier molecular flexibility index (Phi) is 3.65. The molecule has 2 aromatic carbocycles. The molecule has 0 radical (unpaired) electrons. The number of nitrogens with zero attached hydrogens (tertiary/aromatic N) is 1. The average Bonchev–Trinajstić information content (AvgIpc) is 3.05. The lowest BCUT2D eigenvalue weighted by molar-refractivity contribution is 0.0495. The number of aliphatic hydroxyl groups excluding tert-OH is 1. The standard InChI is InChI=1S/C20H18FN3O3/c21-10-4-5-13-15(8-10)16-14(6-7-22-19(16)26)18-17(13)23-20(24-18)27-12-3-1-2-11(25)9-12/h4-8,11-12,25H,1-3,9H2,(H,22,26)(H,23,24)/t11-,12-/m0/s1. The number of halogens is 1. The van der Waals surface area contributed by atoms with E-state index in [4.69, 9.17) is 4.74 Å². The lowest BCUT2D eigenvalue weighted by Gasteiger charge is -2.25. The van der Waals surface area contributed by atoms with Crippen molar-refractivity contribution in [1.29, 1.82) is 0 Å². The number of hydrogen-bond donors (Lipinski definition) is 3. The summed E-state index contributed by atoms with van der Waals surface area (Å²) in [6, 6.07) is 6.47. The molecule has 0 amide bonds. The molecule has 1 aliphatic carbocycles. The van der Waals surface area contributed by atoms with E-state index in [2.05, 4.69) is 15.0 Å². The summed E-state index contributed by atoms with van der Waals surface area (Å²) in [5.74, 6) is -0.408. The molecular formula is C20H18FN3O3. The van der Waals surface area contributed by atoms with Gasteiger partial charge in [0.15, 0.2) is 0 Å². The van der Waals surface area contributed by atoms with E-state index in [1.165, 1.54) is 12.1 Å². The van der Waals surface area contributed by atoms with E-state index in [-0.39, 0.29) is 17.8 Å². The first-order valence-electron chi connectivity index (χ1n) is 9.07. The molecule has 0 spiro atoms. The van der Waals surface area contributed by atoms with Crippen LogP contribution < -0.4 is 10.3 Å². The predicted molar refractivity (Wildman–Crippen MR) is 101 cm³/mol. The second-order valence-electron chi connectivity index (χ2n) is 7.11. The second-order valence-corrected chi connectivity index (χ2v) is 7.11. The van der Waals surface area contributed by atoms with E-state index >= 15 is 0 Å². The molecule has 2 atom stereocenters. The predicted octanol–water partition coefficient (Wildman–Crippen LogP) is 3.38. The van der Waals surface area contributed by atoms with Crippen molar-refractivity contribution in [3.05, 3.63) is 46.6 Å². The first-order valence-corrected chi connectivity index (χ1v) is 9.07. The van der Waals surface area contributed by atoms with Crippen molar-refractivity contribution in [2.75, 3.05) is 0 Å². The minimum atomic E-state index is -0.408. The van der Waals surface area contributed by atoms with Crippen LogP contribution in [0.15, 0.2) is 35.3 Å². The van der Waals surface area contributed by atoms with Gasteiger partial charge < -0.3 is 19.8 Å². The first-order chi connectivity index (χ1) is 13.1. The number of imidazole rings is 1. The Labute approximate surface area is 153 Å². The van der Waals surface area contributed by atoms with Gasteiger partial charge >= 0.3 is 0 Å². The molecule has 0 aliphatic heterocycles. The topological polar surface area (TPSA) is 91.0 Å². The summed E-state index contributed by atoms with van der Waals surface area (Å²) in [5.41, 5.74) is 1.04. The van der Waals surface area contributed by atoms with Crippen molar-refractivity contribution in [1.82, 2.24) is 15.0 Å². The van der Waals surface area contributed by atoms with Crippen LogP contribution in [0.4, 0.5) is 4.39 Å². The summed E-state index contributed by atoms with van der Waals surface area (Å²) < 4.78 is 19.8. The second kappa shape index (κ2) is 6.06. The lowest BCUT2D eigenvalue weighted by Crippen LogP contribution is -2.28. The summed E-state index contributed by atoms with van der Waals surface area (Å²) in [4.78, 5) is 22.8. The average molecular weight is 367 g/mol. The monoisotopic (exact) mass is 367 g/mol. The normalized spacial score (nSPS) is 20.5. The van der Waals surface area contributed by atoms with Crippen LogP contribution in [0.2, 0.25) is 0 Å². The van der Waals surface area contributed by atoms with Crippen LogP contribution in [-0.4, -0.2) is 32.3 Å². The summed E-state index contributed by atoms with van der Waals surface area (Å²) in [6.45, 7) is 0. The van der Waals surface area contributed by atoms with Gasteiger partial charge in [-0.25, -0.2) is 4.39 Å². The molecule has 7 heteroatoms. The molecular weight excluding hydrogens is 349 g/mol. The van der Waals surface area contributed by atoms with Gasteiger partial charge in [-0.2, -0.15) is 4.98 Å². The number of ether oxygens (including phenoxy) is 1. The Hall–Kier alpha value is -2.93. The molecule has 6 nitrogen and oxygen atoms in total. The Morgan fingerprint density at radius 3 is 2.93 bits per heavy atom. The highest BCUT2D eigenvalue weighted by Crippen LogP contribution is 2.34. The van der Waals surface area contributed by atoms with Gasteiger partial charge in [-0.05, 0) is 43.5 Å². The van der Waals surface area contributed by atoms with Gasteiger partial charge in [0, 0.05) is 28.8 Å². The number of pyridine rings is 1. The maximum absolute atomic E-state index is 13.9. The first kappa shape index (κ1) is 16.3. The van der Waals surface area contributed by atoms with Gasteiger partial charge in [0.2, 0.25) is 0 Å². The van der Waals surface area contributed by atoms with E-state index < -0.39 is 5.82 Å². The number of benzene rings is 2. The molecule has 5 rings (SSSR count). The highest BCUT2D eigenvalue weighted by Gasteiger charge is 2.23. The molecule has 0 unspecified atom stereocenters. The van der Waals surface area contributed by atoms with E-state index in [0.29, 0.717) is 45.0 Å². The number of hydrogen-bond acceptors (Lipinski definition) is 4. The SMILES string of the molecule is O=c1[nH]ccc2c3[nH]c(O[C@H]4CCC[C@H](O)C4)nc3c3ccc(F)cc3c12. The smallest absolute Gasteiger partial charge is 0.294 e. The third-order valence-electron chi connectivity index (χ3n) is 5.30. The van der Waals surface area contributed by atoms with Crippen LogP contribution in [-0.2, 0) is 0 Å². The molecule has 2 aromatic heterocycles. The van der Waals surface area contributed by atoms with Crippen molar-refractivity contribution in [2.24, 2.45) is 0 Å². The summed E-state index contributed by atoms with van der Waals surface area (Å²) in [7, 11) is 0. The van der Waals surface area contributed by atoms with E-state index in [1.807, 2.05) is 0 Å². The van der Waals surface area contributed by atoms with Gasteiger partial charge in [0.05, 0.1) is 17.0 Å². The molecule has 1 saturated carbocycles. The molecule has 2 heterocycles. The van der Waals surface area contributed by atoms with Crippen LogP contribution in [0.5, 0.6) is 6.01 Å². The summed E-state index contributed by atoms with van der Waals surface area (Å²) in [5, 5.41) is 12.1. The van der Waals surface area contributed by atoms with Crippen LogP contribution in [0.25, 0.3) is 32.6 Å². The van der Waals surface area contributed by atoms with Gasteiger partial charge in [-0.3, -0.25) is 4.79 Å². The summed E-state index contributed by atoms with van der Waals surface area (Å²) >= 11 is 0. The number of rotatable bonds is 2. The van der Waals surface area contributed by atoms with Crippen LogP contribution in [0, 0.1) is 5.82 Å². The number of aromatic amines is 2. The van der Waals surface area contributed by atoms with E-state index in [1.54, 1.807) is 18.3 Å². The molecule has 4 aromatic rings. The highest BCUT2D eigenvalue weighted by molar-refractivity contribution is 6.23. The molecule has 1 aliphatic rings. The fourth-order valence-corrected chi connectivity index (χ4v) is 4.07. The maximum atomic E-state index is 13.9. The van der Waals surface area contributed by atoms with Gasteiger partial charge in [0.1, 0.15) is 17.4 Å². The van der Waals surface area contributed by atoms with Crippen LogP contribution >= 0.6 is 0 Å². The number of fused-ring (bicyclic) bond motifs is 6. The van der Waals surface area contributed by atoms with Crippen LogP contribution in [0.3, 0.4) is 0 Å². The molecule has 0 saturated heterocycles. The number of H-pyrrole nitrogens is 2. The fourth-order valence-electron chi connectivity index (χ4n) is 4.07. The molecule has 0 bridgehead atoms. The van der Waals surface area contributed by atoms with E-state index in [0.717, 1.165) is 19.3 Å². The van der Waals surface area contributed by atoms with Crippen molar-refractivity contribution in [3.63, 3.8) is 0 Å². The van der Waals surface area contributed by atoms with Crippen molar-refractivity contribution in [2.45, 2.75) is 37.9 Å². The van der Waals surface area contributed by atoms with Gasteiger partial charge in [0.25, 0.3) is 11.6 Å². The summed E-state index contributed by atoms with van der Waals surface area (Å²) in [6.07, 6.45) is 4.25. The molecule has 1 fully saturated rings.